The molecular weight excluding hydrogens is 738 g/mol. The van der Waals surface area contributed by atoms with Crippen molar-refractivity contribution in [1.29, 1.82) is 0 Å². The first kappa shape index (κ1) is 40.0. The minimum atomic E-state index is 0. The van der Waals surface area contributed by atoms with Crippen molar-refractivity contribution in [3.05, 3.63) is 180 Å². The van der Waals surface area contributed by atoms with E-state index in [0.29, 0.717) is 13.2 Å². The molecule has 0 amide bonds. The van der Waals surface area contributed by atoms with Gasteiger partial charge in [0, 0.05) is 102 Å². The van der Waals surface area contributed by atoms with Crippen LogP contribution in [0, 0.1) is 24.3 Å². The number of benzene rings is 4. The minimum absolute atomic E-state index is 0. The Morgan fingerprint density at radius 2 is 1.00 bits per heavy atom. The molecule has 2 radical (unpaired) electrons. The van der Waals surface area contributed by atoms with Crippen LogP contribution in [0.3, 0.4) is 0 Å². The first-order valence-electron chi connectivity index (χ1n) is 14.3. The third-order valence-corrected chi connectivity index (χ3v) is 6.05. The quantitative estimate of drug-likeness (QED) is 0.109. The maximum absolute atomic E-state index is 8.98. The van der Waals surface area contributed by atoms with Gasteiger partial charge in [-0.3, -0.25) is 0 Å². The van der Waals surface area contributed by atoms with Crippen molar-refractivity contribution in [2.45, 2.75) is 26.4 Å². The Bertz CT molecular complexity index is 1650. The van der Waals surface area contributed by atoms with Crippen LogP contribution in [0.1, 0.15) is 22.3 Å². The van der Waals surface area contributed by atoms with Crippen molar-refractivity contribution in [3.8, 4) is 0 Å². The SMILES string of the molecule is OCc1c[c-]ccc1.OCc1cccc(Nc2c[c-]ccn2)c1.[Y].[Y].[c-]1cccc(COCc2cccc(Nc3c[c-]ccn3)c2)c1. The molecule has 0 bridgehead atoms. The van der Waals surface area contributed by atoms with Crippen molar-refractivity contribution < 1.29 is 80.4 Å². The van der Waals surface area contributed by atoms with Crippen LogP contribution < -0.4 is 10.6 Å². The first-order valence-corrected chi connectivity index (χ1v) is 14.3. The van der Waals surface area contributed by atoms with Crippen molar-refractivity contribution in [3.63, 3.8) is 0 Å². The van der Waals surface area contributed by atoms with Gasteiger partial charge in [0.05, 0.1) is 13.2 Å². The number of hydrogen-bond acceptors (Lipinski definition) is 7. The van der Waals surface area contributed by atoms with E-state index >= 15 is 0 Å². The van der Waals surface area contributed by atoms with Gasteiger partial charge in [-0.15, -0.1) is 23.3 Å². The van der Waals surface area contributed by atoms with Gasteiger partial charge in [-0.25, -0.2) is 0 Å². The summed E-state index contributed by atoms with van der Waals surface area (Å²) in [6, 6.07) is 49.7. The number of pyridine rings is 2. The number of aromatic nitrogens is 2. The Morgan fingerprint density at radius 3 is 1.47 bits per heavy atom. The Morgan fingerprint density at radius 1 is 0.532 bits per heavy atom. The third-order valence-electron chi connectivity index (χ3n) is 6.05. The van der Waals surface area contributed by atoms with E-state index in [2.05, 4.69) is 50.9 Å². The van der Waals surface area contributed by atoms with Crippen LogP contribution in [0.25, 0.3) is 0 Å². The number of rotatable bonds is 10. The van der Waals surface area contributed by atoms with E-state index in [9.17, 15) is 0 Å². The van der Waals surface area contributed by atoms with Crippen molar-refractivity contribution >= 4 is 23.0 Å². The Labute approximate surface area is 327 Å². The molecule has 7 nitrogen and oxygen atoms in total. The van der Waals surface area contributed by atoms with Gasteiger partial charge >= 0.3 is 0 Å². The van der Waals surface area contributed by atoms with Crippen LogP contribution in [-0.2, 0) is 96.6 Å². The van der Waals surface area contributed by atoms with Crippen molar-refractivity contribution in [2.24, 2.45) is 0 Å². The summed E-state index contributed by atoms with van der Waals surface area (Å²) in [4.78, 5) is 8.35. The molecule has 2 aromatic heterocycles. The Kier molecular flexibility index (Phi) is 20.5. The van der Waals surface area contributed by atoms with Crippen molar-refractivity contribution in [1.82, 2.24) is 9.97 Å². The molecule has 47 heavy (non-hydrogen) atoms. The predicted octanol–water partition coefficient (Wildman–Crippen LogP) is 7.23. The number of nitrogens with one attached hydrogen (secondary N) is 2. The van der Waals surface area contributed by atoms with Gasteiger partial charge < -0.3 is 35.6 Å². The molecule has 234 valence electrons. The fourth-order valence-corrected chi connectivity index (χ4v) is 3.90. The summed E-state index contributed by atoms with van der Waals surface area (Å²) in [6.07, 6.45) is 3.39. The van der Waals surface area contributed by atoms with Crippen LogP contribution in [0.2, 0.25) is 0 Å². The van der Waals surface area contributed by atoms with Gasteiger partial charge in [0.1, 0.15) is 0 Å². The van der Waals surface area contributed by atoms with Crippen molar-refractivity contribution in [2.75, 3.05) is 10.6 Å². The maximum atomic E-state index is 8.98. The van der Waals surface area contributed by atoms with Gasteiger partial charge in [-0.2, -0.15) is 84.9 Å². The molecule has 6 aromatic rings. The zero-order valence-electron chi connectivity index (χ0n) is 25.9. The fraction of sp³-hybridized carbons (Fsp3) is 0.105. The van der Waals surface area contributed by atoms with E-state index in [4.69, 9.17) is 14.9 Å². The summed E-state index contributed by atoms with van der Waals surface area (Å²) in [5.74, 6) is 1.52. The molecule has 0 unspecified atom stereocenters. The summed E-state index contributed by atoms with van der Waals surface area (Å²) >= 11 is 0. The fourth-order valence-electron chi connectivity index (χ4n) is 3.90. The second-order valence-corrected chi connectivity index (χ2v) is 9.57. The molecule has 0 saturated carbocycles. The standard InChI is InChI=1S/C19H16N2O.C12H11N2O.C7H7O.2Y/c1-2-7-16(8-3-1)14-22-15-17-9-6-10-18(13-17)21-19-11-4-5-12-20-19;15-9-10-4-3-5-11(8-10)14-12-6-1-2-7-13-12;8-6-7-4-2-1-3-5-7;;/h1-2,5-13H,14-15H2,(H,20,21);2-8,15H,9H2,(H,13,14);1-2,4-5,8H,6H2;;/q-2;2*-1;;. The molecule has 6 rings (SSSR count). The van der Waals surface area contributed by atoms with Crippen LogP contribution in [0.4, 0.5) is 23.0 Å². The van der Waals surface area contributed by atoms with E-state index in [-0.39, 0.29) is 78.6 Å². The van der Waals surface area contributed by atoms with E-state index in [0.717, 1.165) is 45.3 Å². The van der Waals surface area contributed by atoms with Gasteiger partial charge in [0.2, 0.25) is 0 Å². The monoisotopic (exact) mass is 772 g/mol. The predicted molar refractivity (Wildman–Crippen MR) is 176 cm³/mol. The molecule has 0 aliphatic heterocycles. The van der Waals surface area contributed by atoms with Crippen LogP contribution in [0.15, 0.2) is 134 Å². The normalized spacial score (nSPS) is 9.57. The summed E-state index contributed by atoms with van der Waals surface area (Å²) in [6.45, 7) is 1.31. The summed E-state index contributed by atoms with van der Waals surface area (Å²) in [5, 5.41) is 23.9. The average Bonchev–Trinajstić information content (AvgIpc) is 3.11. The zero-order chi connectivity index (χ0) is 31.4. The largest absolute Gasteiger partial charge is 0.404 e. The van der Waals surface area contributed by atoms with Gasteiger partial charge in [0.25, 0.3) is 0 Å². The van der Waals surface area contributed by atoms with Gasteiger partial charge in [-0.1, -0.05) is 36.7 Å². The number of hydrogen-bond donors (Lipinski definition) is 4. The zero-order valence-corrected chi connectivity index (χ0v) is 31.6. The van der Waals surface area contributed by atoms with E-state index in [1.165, 1.54) is 0 Å². The smallest absolute Gasteiger partial charge is 0.0708 e. The molecular formula is C38H34N4O3Y2-4. The molecule has 0 saturated heterocycles. The second-order valence-electron chi connectivity index (χ2n) is 9.57. The maximum Gasteiger partial charge on any atom is 0.0708 e. The second kappa shape index (κ2) is 24.1. The molecule has 0 aliphatic rings. The van der Waals surface area contributed by atoms with E-state index in [1.807, 2.05) is 84.9 Å². The molecule has 9 heteroatoms. The summed E-state index contributed by atoms with van der Waals surface area (Å²) in [7, 11) is 0. The Hall–Kier alpha value is -3.13. The molecule has 0 fully saturated rings. The summed E-state index contributed by atoms with van der Waals surface area (Å²) in [5.41, 5.74) is 5.92. The molecule has 2 heterocycles. The molecule has 0 aliphatic carbocycles. The van der Waals surface area contributed by atoms with E-state index < -0.39 is 0 Å². The Balaban J connectivity index is 0.000000266. The summed E-state index contributed by atoms with van der Waals surface area (Å²) < 4.78 is 5.74. The molecule has 4 N–H and O–H groups in total. The number of anilines is 4. The van der Waals surface area contributed by atoms with E-state index in [1.54, 1.807) is 42.7 Å². The third kappa shape index (κ3) is 16.0. The molecule has 0 spiro atoms. The minimum Gasteiger partial charge on any atom is -0.404 e. The van der Waals surface area contributed by atoms with Crippen LogP contribution >= 0.6 is 0 Å². The molecule has 0 atom stereocenters. The number of aliphatic hydroxyl groups excluding tert-OH is 2. The van der Waals surface area contributed by atoms with Crippen LogP contribution in [-0.4, -0.2) is 20.2 Å². The van der Waals surface area contributed by atoms with Crippen LogP contribution in [0.5, 0.6) is 0 Å². The average molecular weight is 773 g/mol. The number of ether oxygens (including phenoxy) is 1. The number of aliphatic hydroxyl groups is 2. The number of nitrogens with zero attached hydrogens (tertiary/aromatic N) is 2. The first-order chi connectivity index (χ1) is 22.2. The van der Waals surface area contributed by atoms with Gasteiger partial charge in [-0.05, 0) is 35.4 Å². The molecule has 4 aromatic carbocycles. The topological polar surface area (TPSA) is 99.5 Å². The van der Waals surface area contributed by atoms with Gasteiger partial charge in [0.15, 0.2) is 0 Å².